The Morgan fingerprint density at radius 3 is 2.67 bits per heavy atom. The topological polar surface area (TPSA) is 24.9 Å². The van der Waals surface area contributed by atoms with E-state index < -0.39 is 0 Å². The molecule has 3 rings (SSSR count). The van der Waals surface area contributed by atoms with Gasteiger partial charge in [-0.3, -0.25) is 4.98 Å². The summed E-state index contributed by atoms with van der Waals surface area (Å²) in [6.07, 6.45) is 11.3. The molecule has 2 nitrogen and oxygen atoms in total. The summed E-state index contributed by atoms with van der Waals surface area (Å²) in [5.41, 5.74) is 1.72. The van der Waals surface area contributed by atoms with E-state index in [1.807, 2.05) is 6.20 Å². The molecule has 2 saturated carbocycles. The number of hydrogen-bond acceptors (Lipinski definition) is 2. The average Bonchev–Trinajstić information content (AvgIpc) is 3.10. The van der Waals surface area contributed by atoms with E-state index >= 15 is 0 Å². The van der Waals surface area contributed by atoms with E-state index in [0.717, 1.165) is 16.9 Å². The van der Waals surface area contributed by atoms with Crippen LogP contribution in [0.4, 0.5) is 0 Å². The zero-order chi connectivity index (χ0) is 12.4. The van der Waals surface area contributed by atoms with Crippen LogP contribution in [-0.2, 0) is 6.42 Å². The highest BCUT2D eigenvalue weighted by atomic mass is 79.9. The Bertz CT molecular complexity index is 391. The van der Waals surface area contributed by atoms with Gasteiger partial charge in [-0.15, -0.1) is 0 Å². The van der Waals surface area contributed by atoms with Crippen molar-refractivity contribution in [2.45, 2.75) is 51.0 Å². The van der Waals surface area contributed by atoms with Crippen molar-refractivity contribution in [1.29, 1.82) is 0 Å². The van der Waals surface area contributed by atoms with E-state index in [4.69, 9.17) is 0 Å². The van der Waals surface area contributed by atoms with Crippen LogP contribution in [0.3, 0.4) is 0 Å². The Hall–Kier alpha value is -0.410. The molecule has 3 heteroatoms. The molecule has 2 aliphatic rings. The van der Waals surface area contributed by atoms with E-state index in [-0.39, 0.29) is 0 Å². The van der Waals surface area contributed by atoms with Crippen LogP contribution in [0.15, 0.2) is 22.8 Å². The van der Waals surface area contributed by atoms with E-state index in [0.29, 0.717) is 5.41 Å². The van der Waals surface area contributed by atoms with Gasteiger partial charge in [0.1, 0.15) is 0 Å². The maximum atomic E-state index is 4.55. The van der Waals surface area contributed by atoms with Gasteiger partial charge in [-0.1, -0.05) is 12.8 Å². The molecule has 0 spiro atoms. The molecular formula is C15H21BrN2. The molecule has 1 heterocycles. The predicted octanol–water partition coefficient (Wildman–Crippen LogP) is 3.70. The van der Waals surface area contributed by atoms with Gasteiger partial charge in [0.2, 0.25) is 0 Å². The Labute approximate surface area is 118 Å². The number of pyridine rings is 1. The largest absolute Gasteiger partial charge is 0.313 e. The molecular weight excluding hydrogens is 288 g/mol. The molecule has 2 aliphatic carbocycles. The number of nitrogens with zero attached hydrogens (tertiary/aromatic N) is 1. The fourth-order valence-corrected chi connectivity index (χ4v) is 3.32. The lowest BCUT2D eigenvalue weighted by Crippen LogP contribution is -2.35. The maximum absolute atomic E-state index is 4.55. The first-order valence-corrected chi connectivity index (χ1v) is 7.89. The SMILES string of the molecule is Brc1ccc(CC2(CNC3CC3)CCCC2)nc1. The standard InChI is InChI=1S/C15H21BrN2/c16-12-3-4-14(17-10-12)9-15(7-1-2-8-15)11-18-13-5-6-13/h3-4,10,13,18H,1-2,5-9,11H2. The van der Waals surface area contributed by atoms with Crippen molar-refractivity contribution in [3.8, 4) is 0 Å². The van der Waals surface area contributed by atoms with Gasteiger partial charge in [0.25, 0.3) is 0 Å². The molecule has 0 atom stereocenters. The van der Waals surface area contributed by atoms with Gasteiger partial charge in [0, 0.05) is 29.0 Å². The highest BCUT2D eigenvalue weighted by Crippen LogP contribution is 2.40. The smallest absolute Gasteiger partial charge is 0.0413 e. The van der Waals surface area contributed by atoms with E-state index in [1.54, 1.807) is 0 Å². The van der Waals surface area contributed by atoms with Gasteiger partial charge in [0.15, 0.2) is 0 Å². The molecule has 0 aromatic carbocycles. The van der Waals surface area contributed by atoms with Gasteiger partial charge in [0.05, 0.1) is 0 Å². The molecule has 2 fully saturated rings. The first-order chi connectivity index (χ1) is 8.76. The summed E-state index contributed by atoms with van der Waals surface area (Å²) in [5.74, 6) is 0. The molecule has 1 aromatic heterocycles. The second-order valence-electron chi connectivity index (χ2n) is 6.01. The molecule has 0 aliphatic heterocycles. The zero-order valence-corrected chi connectivity index (χ0v) is 12.4. The van der Waals surface area contributed by atoms with E-state index in [1.165, 1.54) is 50.8 Å². The molecule has 0 radical (unpaired) electrons. The summed E-state index contributed by atoms with van der Waals surface area (Å²) < 4.78 is 1.07. The van der Waals surface area contributed by atoms with E-state index in [2.05, 4.69) is 38.4 Å². The van der Waals surface area contributed by atoms with Crippen molar-refractivity contribution < 1.29 is 0 Å². The van der Waals surface area contributed by atoms with Crippen molar-refractivity contribution >= 4 is 15.9 Å². The lowest BCUT2D eigenvalue weighted by Gasteiger charge is -2.29. The molecule has 18 heavy (non-hydrogen) atoms. The van der Waals surface area contributed by atoms with Crippen molar-refractivity contribution in [2.24, 2.45) is 5.41 Å². The fourth-order valence-electron chi connectivity index (χ4n) is 3.08. The minimum Gasteiger partial charge on any atom is -0.313 e. The molecule has 0 amide bonds. The van der Waals surface area contributed by atoms with Crippen LogP contribution in [0, 0.1) is 5.41 Å². The normalized spacial score (nSPS) is 22.3. The van der Waals surface area contributed by atoms with Gasteiger partial charge < -0.3 is 5.32 Å². The highest BCUT2D eigenvalue weighted by Gasteiger charge is 2.35. The first-order valence-electron chi connectivity index (χ1n) is 7.10. The maximum Gasteiger partial charge on any atom is 0.0413 e. The predicted molar refractivity (Wildman–Crippen MR) is 77.6 cm³/mol. The minimum absolute atomic E-state index is 0.476. The molecule has 0 saturated heterocycles. The van der Waals surface area contributed by atoms with Crippen LogP contribution < -0.4 is 5.32 Å². The van der Waals surface area contributed by atoms with E-state index in [9.17, 15) is 0 Å². The van der Waals surface area contributed by atoms with Crippen molar-refractivity contribution in [1.82, 2.24) is 10.3 Å². The minimum atomic E-state index is 0.476. The summed E-state index contributed by atoms with van der Waals surface area (Å²) in [4.78, 5) is 4.55. The fraction of sp³-hybridized carbons (Fsp3) is 0.667. The highest BCUT2D eigenvalue weighted by molar-refractivity contribution is 9.10. The number of halogens is 1. The molecule has 0 bridgehead atoms. The Balaban J connectivity index is 1.66. The molecule has 1 N–H and O–H groups in total. The summed E-state index contributed by atoms with van der Waals surface area (Å²) in [7, 11) is 0. The summed E-state index contributed by atoms with van der Waals surface area (Å²) in [5, 5.41) is 3.73. The van der Waals surface area contributed by atoms with Crippen molar-refractivity contribution in [2.75, 3.05) is 6.54 Å². The second kappa shape index (κ2) is 5.30. The summed E-state index contributed by atoms with van der Waals surface area (Å²) >= 11 is 3.45. The molecule has 1 aromatic rings. The number of nitrogens with one attached hydrogen (secondary N) is 1. The lowest BCUT2D eigenvalue weighted by atomic mass is 9.81. The van der Waals surface area contributed by atoms with Crippen LogP contribution in [0.2, 0.25) is 0 Å². The second-order valence-corrected chi connectivity index (χ2v) is 6.92. The van der Waals surface area contributed by atoms with Crippen LogP contribution in [0.5, 0.6) is 0 Å². The Kier molecular flexibility index (Phi) is 3.71. The average molecular weight is 309 g/mol. The number of aromatic nitrogens is 1. The van der Waals surface area contributed by atoms with Gasteiger partial charge >= 0.3 is 0 Å². The lowest BCUT2D eigenvalue weighted by molar-refractivity contribution is 0.274. The monoisotopic (exact) mass is 308 g/mol. The molecule has 98 valence electrons. The summed E-state index contributed by atoms with van der Waals surface area (Å²) in [6, 6.07) is 5.10. The van der Waals surface area contributed by atoms with Crippen molar-refractivity contribution in [3.63, 3.8) is 0 Å². The quantitative estimate of drug-likeness (QED) is 0.897. The number of rotatable bonds is 5. The van der Waals surface area contributed by atoms with Gasteiger partial charge in [-0.2, -0.15) is 0 Å². The van der Waals surface area contributed by atoms with Crippen LogP contribution >= 0.6 is 15.9 Å². The third-order valence-corrected chi connectivity index (χ3v) is 4.82. The van der Waals surface area contributed by atoms with Crippen LogP contribution in [0.1, 0.15) is 44.2 Å². The van der Waals surface area contributed by atoms with Gasteiger partial charge in [-0.05, 0) is 65.6 Å². The first kappa shape index (κ1) is 12.6. The Morgan fingerprint density at radius 1 is 1.28 bits per heavy atom. The third-order valence-electron chi connectivity index (χ3n) is 4.35. The molecule has 0 unspecified atom stereocenters. The Morgan fingerprint density at radius 2 is 2.06 bits per heavy atom. The van der Waals surface area contributed by atoms with Crippen molar-refractivity contribution in [3.05, 3.63) is 28.5 Å². The third kappa shape index (κ3) is 3.12. The zero-order valence-electron chi connectivity index (χ0n) is 10.8. The summed E-state index contributed by atoms with van der Waals surface area (Å²) in [6.45, 7) is 1.19. The van der Waals surface area contributed by atoms with Crippen LogP contribution in [-0.4, -0.2) is 17.6 Å². The number of hydrogen-bond donors (Lipinski definition) is 1. The van der Waals surface area contributed by atoms with Gasteiger partial charge in [-0.25, -0.2) is 0 Å². The van der Waals surface area contributed by atoms with Crippen LogP contribution in [0.25, 0.3) is 0 Å².